The van der Waals surface area contributed by atoms with Crippen LogP contribution in [0.1, 0.15) is 62.6 Å². The first-order valence-electron chi connectivity index (χ1n) is 9.82. The largest absolute Gasteiger partial charge is 0.375 e. The molecule has 0 unspecified atom stereocenters. The Hall–Kier alpha value is -2.89. The predicted octanol–water partition coefficient (Wildman–Crippen LogP) is 4.84. The molecule has 0 atom stereocenters. The fraction of sp³-hybridized carbons (Fsp3) is 0.409. The molecular weight excluding hydrogens is 350 g/mol. The Morgan fingerprint density at radius 2 is 1.96 bits per heavy atom. The second-order valence-corrected chi connectivity index (χ2v) is 7.69. The van der Waals surface area contributed by atoms with Crippen LogP contribution in [0.15, 0.2) is 36.5 Å². The van der Waals surface area contributed by atoms with Crippen molar-refractivity contribution < 1.29 is 4.79 Å². The van der Waals surface area contributed by atoms with Crippen LogP contribution in [0.3, 0.4) is 0 Å². The highest BCUT2D eigenvalue weighted by Gasteiger charge is 2.19. The Morgan fingerprint density at radius 1 is 1.21 bits per heavy atom. The van der Waals surface area contributed by atoms with Crippen LogP contribution in [0.25, 0.3) is 11.0 Å². The minimum atomic E-state index is -0.145. The molecule has 0 aliphatic heterocycles. The molecule has 0 aliphatic carbocycles. The molecule has 2 heterocycles. The van der Waals surface area contributed by atoms with E-state index in [4.69, 9.17) is 4.98 Å². The van der Waals surface area contributed by atoms with E-state index >= 15 is 0 Å². The maximum atomic E-state index is 13.1. The van der Waals surface area contributed by atoms with E-state index in [-0.39, 0.29) is 17.9 Å². The topological polar surface area (TPSA) is 63.1 Å². The highest BCUT2D eigenvalue weighted by atomic mass is 16.1. The number of benzene rings is 1. The smallest absolute Gasteiger partial charge is 0.256 e. The van der Waals surface area contributed by atoms with Crippen LogP contribution in [0.5, 0.6) is 0 Å². The fourth-order valence-corrected chi connectivity index (χ4v) is 3.10. The number of hydrogen-bond donors (Lipinski definition) is 1. The van der Waals surface area contributed by atoms with Gasteiger partial charge in [0.2, 0.25) is 0 Å². The Morgan fingerprint density at radius 3 is 2.61 bits per heavy atom. The SMILES string of the molecule is CCN(C)c1cccc(NC(=O)c2cc(C(C)C)nc3c2cnn3C(C)C)c1. The van der Waals surface area contributed by atoms with Crippen LogP contribution in [0.2, 0.25) is 0 Å². The van der Waals surface area contributed by atoms with Gasteiger partial charge in [0.1, 0.15) is 0 Å². The van der Waals surface area contributed by atoms with Gasteiger partial charge in [-0.1, -0.05) is 19.9 Å². The highest BCUT2D eigenvalue weighted by molar-refractivity contribution is 6.12. The summed E-state index contributed by atoms with van der Waals surface area (Å²) in [4.78, 5) is 20.0. The number of amides is 1. The molecule has 1 amide bonds. The molecule has 2 aromatic heterocycles. The molecule has 0 aliphatic rings. The average Bonchev–Trinajstić information content (AvgIpc) is 3.10. The number of pyridine rings is 1. The summed E-state index contributed by atoms with van der Waals surface area (Å²) in [6, 6.07) is 9.94. The maximum Gasteiger partial charge on any atom is 0.256 e. The second kappa shape index (κ2) is 8.00. The van der Waals surface area contributed by atoms with Gasteiger partial charge in [0.25, 0.3) is 5.91 Å². The fourth-order valence-electron chi connectivity index (χ4n) is 3.10. The van der Waals surface area contributed by atoms with Crippen molar-refractivity contribution in [2.24, 2.45) is 0 Å². The van der Waals surface area contributed by atoms with Gasteiger partial charge < -0.3 is 10.2 Å². The molecule has 0 bridgehead atoms. The molecule has 0 spiro atoms. The summed E-state index contributed by atoms with van der Waals surface area (Å²) < 4.78 is 1.87. The summed E-state index contributed by atoms with van der Waals surface area (Å²) in [6.45, 7) is 11.3. The normalized spacial score (nSPS) is 11.4. The van der Waals surface area contributed by atoms with Crippen molar-refractivity contribution in [1.29, 1.82) is 0 Å². The summed E-state index contributed by atoms with van der Waals surface area (Å²) in [6.07, 6.45) is 1.74. The first-order valence-corrected chi connectivity index (χ1v) is 9.82. The molecule has 6 nitrogen and oxygen atoms in total. The van der Waals surface area contributed by atoms with Crippen molar-refractivity contribution in [3.05, 3.63) is 47.8 Å². The van der Waals surface area contributed by atoms with Crippen LogP contribution in [0.4, 0.5) is 11.4 Å². The third-order valence-electron chi connectivity index (χ3n) is 4.93. The van der Waals surface area contributed by atoms with Gasteiger partial charge in [-0.3, -0.25) is 4.79 Å². The lowest BCUT2D eigenvalue weighted by molar-refractivity contribution is 0.102. The van der Waals surface area contributed by atoms with E-state index in [2.05, 4.69) is 49.9 Å². The zero-order valence-corrected chi connectivity index (χ0v) is 17.5. The van der Waals surface area contributed by atoms with Gasteiger partial charge in [-0.25, -0.2) is 9.67 Å². The summed E-state index contributed by atoms with van der Waals surface area (Å²) >= 11 is 0. The van der Waals surface area contributed by atoms with E-state index in [1.165, 1.54) is 0 Å². The van der Waals surface area contributed by atoms with Crippen LogP contribution in [-0.2, 0) is 0 Å². The number of carbonyl (C=O) groups excluding carboxylic acids is 1. The Labute approximate surface area is 166 Å². The Kier molecular flexibility index (Phi) is 5.68. The van der Waals surface area contributed by atoms with Crippen molar-refractivity contribution in [1.82, 2.24) is 14.8 Å². The van der Waals surface area contributed by atoms with Gasteiger partial charge >= 0.3 is 0 Å². The molecule has 1 aromatic carbocycles. The minimum absolute atomic E-state index is 0.145. The first kappa shape index (κ1) is 19.9. The number of aromatic nitrogens is 3. The van der Waals surface area contributed by atoms with Crippen molar-refractivity contribution in [2.75, 3.05) is 23.8 Å². The van der Waals surface area contributed by atoms with E-state index in [9.17, 15) is 4.79 Å². The molecule has 0 radical (unpaired) electrons. The van der Waals surface area contributed by atoms with Crippen molar-refractivity contribution in [2.45, 2.75) is 46.6 Å². The van der Waals surface area contributed by atoms with E-state index < -0.39 is 0 Å². The monoisotopic (exact) mass is 379 g/mol. The van der Waals surface area contributed by atoms with Crippen molar-refractivity contribution in [3.8, 4) is 0 Å². The Bertz CT molecular complexity index is 990. The number of carbonyl (C=O) groups is 1. The van der Waals surface area contributed by atoms with E-state index in [0.29, 0.717) is 5.56 Å². The van der Waals surface area contributed by atoms with Gasteiger partial charge in [-0.15, -0.1) is 0 Å². The molecule has 6 heteroatoms. The van der Waals surface area contributed by atoms with E-state index in [1.807, 2.05) is 42.1 Å². The number of nitrogens with zero attached hydrogens (tertiary/aromatic N) is 4. The predicted molar refractivity (Wildman–Crippen MR) is 115 cm³/mol. The quantitative estimate of drug-likeness (QED) is 0.665. The zero-order chi connectivity index (χ0) is 20.4. The molecule has 0 saturated heterocycles. The lowest BCUT2D eigenvalue weighted by atomic mass is 10.0. The molecule has 0 saturated carbocycles. The molecular formula is C22H29N5O. The molecule has 0 fully saturated rings. The number of rotatable bonds is 6. The molecule has 1 N–H and O–H groups in total. The second-order valence-electron chi connectivity index (χ2n) is 7.69. The summed E-state index contributed by atoms with van der Waals surface area (Å²) in [5.41, 5.74) is 4.09. The highest BCUT2D eigenvalue weighted by Crippen LogP contribution is 2.26. The van der Waals surface area contributed by atoms with Gasteiger partial charge in [0, 0.05) is 36.7 Å². The molecule has 148 valence electrons. The minimum Gasteiger partial charge on any atom is -0.375 e. The molecule has 3 aromatic rings. The lowest BCUT2D eigenvalue weighted by Gasteiger charge is -2.18. The standard InChI is InChI=1S/C22H29N5O/c1-7-26(6)17-10-8-9-16(11-17)24-22(28)18-12-20(14(2)3)25-21-19(18)13-23-27(21)15(4)5/h8-15H,7H2,1-6H3,(H,24,28). The molecule has 3 rings (SSSR count). The first-order chi connectivity index (χ1) is 13.3. The van der Waals surface area contributed by atoms with Gasteiger partial charge in [-0.05, 0) is 51.0 Å². The summed E-state index contributed by atoms with van der Waals surface area (Å²) in [5.74, 6) is 0.0712. The Balaban J connectivity index is 2.02. The average molecular weight is 380 g/mol. The third-order valence-corrected chi connectivity index (χ3v) is 4.93. The number of anilines is 2. The maximum absolute atomic E-state index is 13.1. The van der Waals surface area contributed by atoms with E-state index in [1.54, 1.807) is 6.20 Å². The van der Waals surface area contributed by atoms with Crippen LogP contribution >= 0.6 is 0 Å². The lowest BCUT2D eigenvalue weighted by Crippen LogP contribution is -2.17. The van der Waals surface area contributed by atoms with Crippen molar-refractivity contribution >= 4 is 28.3 Å². The van der Waals surface area contributed by atoms with E-state index in [0.717, 1.165) is 34.6 Å². The summed E-state index contributed by atoms with van der Waals surface area (Å²) in [5, 5.41) is 8.28. The summed E-state index contributed by atoms with van der Waals surface area (Å²) in [7, 11) is 2.03. The zero-order valence-electron chi connectivity index (χ0n) is 17.5. The van der Waals surface area contributed by atoms with Gasteiger partial charge in [0.05, 0.1) is 17.1 Å². The molecule has 28 heavy (non-hydrogen) atoms. The number of nitrogens with one attached hydrogen (secondary N) is 1. The van der Waals surface area contributed by atoms with Gasteiger partial charge in [-0.2, -0.15) is 5.10 Å². The van der Waals surface area contributed by atoms with Crippen LogP contribution in [0, 0.1) is 0 Å². The number of hydrogen-bond acceptors (Lipinski definition) is 4. The van der Waals surface area contributed by atoms with Crippen molar-refractivity contribution in [3.63, 3.8) is 0 Å². The van der Waals surface area contributed by atoms with Gasteiger partial charge in [0.15, 0.2) is 5.65 Å². The van der Waals surface area contributed by atoms with Crippen LogP contribution in [-0.4, -0.2) is 34.3 Å². The van der Waals surface area contributed by atoms with Crippen LogP contribution < -0.4 is 10.2 Å². The third kappa shape index (κ3) is 3.86. The number of fused-ring (bicyclic) bond motifs is 1.